The van der Waals surface area contributed by atoms with Gasteiger partial charge < -0.3 is 9.84 Å². The van der Waals surface area contributed by atoms with Gasteiger partial charge in [-0.1, -0.05) is 23.4 Å². The van der Waals surface area contributed by atoms with E-state index in [0.717, 1.165) is 12.1 Å². The second kappa shape index (κ2) is 7.43. The molecule has 1 amide bonds. The lowest BCUT2D eigenvalue weighted by Crippen LogP contribution is -2.23. The summed E-state index contributed by atoms with van der Waals surface area (Å²) in [7, 11) is 1.71. The van der Waals surface area contributed by atoms with Crippen LogP contribution in [0.15, 0.2) is 63.9 Å². The zero-order valence-electron chi connectivity index (χ0n) is 16.0. The molecule has 4 rings (SSSR count). The van der Waals surface area contributed by atoms with E-state index >= 15 is 0 Å². The molecule has 0 spiro atoms. The van der Waals surface area contributed by atoms with Gasteiger partial charge in [0, 0.05) is 18.7 Å². The van der Waals surface area contributed by atoms with Crippen LogP contribution in [0, 0.1) is 18.6 Å². The average molecular weight is 410 g/mol. The van der Waals surface area contributed by atoms with E-state index in [9.17, 15) is 18.4 Å². The van der Waals surface area contributed by atoms with Crippen LogP contribution in [0.5, 0.6) is 0 Å². The molecule has 30 heavy (non-hydrogen) atoms. The monoisotopic (exact) mass is 410 g/mol. The maximum Gasteiger partial charge on any atom is 0.295 e. The van der Waals surface area contributed by atoms with Crippen molar-refractivity contribution in [1.82, 2.24) is 14.5 Å². The fourth-order valence-corrected chi connectivity index (χ4v) is 3.06. The van der Waals surface area contributed by atoms with E-state index < -0.39 is 23.1 Å². The molecule has 0 aliphatic heterocycles. The average Bonchev–Trinajstić information content (AvgIpc) is 3.31. The third-order valence-electron chi connectivity index (χ3n) is 4.74. The number of aromatic nitrogens is 3. The van der Waals surface area contributed by atoms with E-state index in [1.54, 1.807) is 42.9 Å². The van der Waals surface area contributed by atoms with E-state index in [1.807, 2.05) is 6.07 Å². The Hall–Kier alpha value is -4.01. The maximum absolute atomic E-state index is 13.4. The Morgan fingerprint density at radius 2 is 1.80 bits per heavy atom. The third-order valence-corrected chi connectivity index (χ3v) is 4.74. The number of halogens is 2. The highest BCUT2D eigenvalue weighted by Gasteiger charge is 2.21. The molecule has 0 fully saturated rings. The van der Waals surface area contributed by atoms with Gasteiger partial charge >= 0.3 is 0 Å². The van der Waals surface area contributed by atoms with Gasteiger partial charge in [0.1, 0.15) is 5.69 Å². The van der Waals surface area contributed by atoms with Crippen LogP contribution in [0.4, 0.5) is 14.5 Å². The van der Waals surface area contributed by atoms with Crippen LogP contribution in [-0.2, 0) is 7.05 Å². The van der Waals surface area contributed by atoms with Gasteiger partial charge in [-0.15, -0.1) is 0 Å². The third kappa shape index (κ3) is 3.30. The summed E-state index contributed by atoms with van der Waals surface area (Å²) in [5.41, 5.74) is 1.01. The quantitative estimate of drug-likeness (QED) is 0.557. The van der Waals surface area contributed by atoms with Gasteiger partial charge in [0.2, 0.25) is 0 Å². The van der Waals surface area contributed by atoms with E-state index in [-0.39, 0.29) is 22.7 Å². The largest absolute Gasteiger partial charge is 0.355 e. The van der Waals surface area contributed by atoms with Crippen LogP contribution >= 0.6 is 0 Å². The van der Waals surface area contributed by atoms with Crippen LogP contribution in [0.25, 0.3) is 17.0 Å². The van der Waals surface area contributed by atoms with Crippen molar-refractivity contribution in [2.45, 2.75) is 6.92 Å². The molecule has 0 radical (unpaired) electrons. The molecule has 0 saturated heterocycles. The summed E-state index contributed by atoms with van der Waals surface area (Å²) < 4.78 is 34.7. The smallest absolute Gasteiger partial charge is 0.295 e. The molecule has 152 valence electrons. The molecule has 0 saturated carbocycles. The van der Waals surface area contributed by atoms with Crippen molar-refractivity contribution in [2.24, 2.45) is 7.05 Å². The molecule has 0 aliphatic carbocycles. The number of nitrogens with zero attached hydrogens (tertiary/aromatic N) is 3. The number of carbonyl (C=O) groups excluding carboxylic acids is 1. The molecule has 0 unspecified atom stereocenters. The number of benzene rings is 2. The normalized spacial score (nSPS) is 10.9. The highest BCUT2D eigenvalue weighted by molar-refractivity contribution is 6.03. The van der Waals surface area contributed by atoms with Gasteiger partial charge in [-0.2, -0.15) is 0 Å². The summed E-state index contributed by atoms with van der Waals surface area (Å²) in [5.74, 6) is -2.62. The van der Waals surface area contributed by atoms with Crippen LogP contribution in [0.1, 0.15) is 16.2 Å². The first kappa shape index (κ1) is 19.3. The van der Waals surface area contributed by atoms with Gasteiger partial charge in [-0.05, 0) is 37.3 Å². The predicted molar refractivity (Wildman–Crippen MR) is 106 cm³/mol. The fourth-order valence-electron chi connectivity index (χ4n) is 3.06. The minimum Gasteiger partial charge on any atom is -0.355 e. The molecule has 9 heteroatoms. The number of para-hydroxylation sites is 1. The first-order chi connectivity index (χ1) is 14.4. The lowest BCUT2D eigenvalue weighted by atomic mass is 10.1. The van der Waals surface area contributed by atoms with E-state index in [4.69, 9.17) is 4.52 Å². The Morgan fingerprint density at radius 1 is 1.07 bits per heavy atom. The zero-order chi connectivity index (χ0) is 21.4. The Balaban J connectivity index is 1.63. The van der Waals surface area contributed by atoms with Gasteiger partial charge in [0.15, 0.2) is 23.1 Å². The Bertz CT molecular complexity index is 1310. The summed E-state index contributed by atoms with van der Waals surface area (Å²) in [4.78, 5) is 25.5. The summed E-state index contributed by atoms with van der Waals surface area (Å²) in [6, 6.07) is 13.5. The predicted octanol–water partition coefficient (Wildman–Crippen LogP) is 3.67. The Kier molecular flexibility index (Phi) is 4.78. The zero-order valence-corrected chi connectivity index (χ0v) is 16.0. The molecule has 0 atom stereocenters. The van der Waals surface area contributed by atoms with Crippen molar-refractivity contribution in [1.29, 1.82) is 0 Å². The van der Waals surface area contributed by atoms with Gasteiger partial charge in [-0.3, -0.25) is 14.3 Å². The van der Waals surface area contributed by atoms with E-state index in [2.05, 4.69) is 10.5 Å². The number of hydrogen-bond donors (Lipinski definition) is 1. The second-order valence-corrected chi connectivity index (χ2v) is 6.60. The van der Waals surface area contributed by atoms with Crippen molar-refractivity contribution >= 4 is 11.6 Å². The minimum absolute atomic E-state index is 0.0885. The molecule has 2 aromatic carbocycles. The highest BCUT2D eigenvalue weighted by Crippen LogP contribution is 2.23. The van der Waals surface area contributed by atoms with Crippen LogP contribution in [-0.4, -0.2) is 20.4 Å². The van der Waals surface area contributed by atoms with Crippen molar-refractivity contribution < 1.29 is 18.1 Å². The van der Waals surface area contributed by atoms with Crippen LogP contribution in [0.3, 0.4) is 0 Å². The number of nitrogens with one attached hydrogen (secondary N) is 1. The van der Waals surface area contributed by atoms with Gasteiger partial charge in [0.05, 0.1) is 11.4 Å². The maximum atomic E-state index is 13.4. The Labute approximate surface area is 169 Å². The van der Waals surface area contributed by atoms with Gasteiger partial charge in [-0.25, -0.2) is 13.5 Å². The highest BCUT2D eigenvalue weighted by atomic mass is 19.2. The molecule has 4 aromatic rings. The molecular weight excluding hydrogens is 394 g/mol. The summed E-state index contributed by atoms with van der Waals surface area (Å²) in [6.45, 7) is 1.70. The molecule has 1 N–H and O–H groups in total. The van der Waals surface area contributed by atoms with Crippen molar-refractivity contribution in [3.05, 3.63) is 88.0 Å². The molecule has 0 bridgehead atoms. The van der Waals surface area contributed by atoms with Crippen LogP contribution in [0.2, 0.25) is 0 Å². The number of rotatable bonds is 4. The first-order valence-corrected chi connectivity index (χ1v) is 8.94. The van der Waals surface area contributed by atoms with Gasteiger partial charge in [0.25, 0.3) is 11.5 Å². The van der Waals surface area contributed by atoms with Crippen molar-refractivity contribution in [3.8, 4) is 17.0 Å². The molecule has 2 heterocycles. The number of carbonyl (C=O) groups is 1. The van der Waals surface area contributed by atoms with Crippen molar-refractivity contribution in [2.75, 3.05) is 5.32 Å². The number of anilines is 1. The van der Waals surface area contributed by atoms with E-state index in [1.165, 1.54) is 16.8 Å². The first-order valence-electron chi connectivity index (χ1n) is 8.94. The lowest BCUT2D eigenvalue weighted by Gasteiger charge is -2.07. The topological polar surface area (TPSA) is 82.1 Å². The van der Waals surface area contributed by atoms with Crippen LogP contribution < -0.4 is 10.9 Å². The Morgan fingerprint density at radius 3 is 2.50 bits per heavy atom. The molecular formula is C21H16F2N4O3. The SMILES string of the molecule is Cc1c(NC(=O)c2cc(-c3ccc(F)c(F)c3)on2)c(=O)n(-c2ccccc2)n1C. The standard InChI is InChI=1S/C21H16F2N4O3/c1-12-19(21(29)27(26(12)2)14-6-4-3-5-7-14)24-20(28)17-11-18(30-25-17)13-8-9-15(22)16(23)10-13/h3-11H,1-2H3,(H,24,28). The second-order valence-electron chi connectivity index (χ2n) is 6.60. The molecule has 7 nitrogen and oxygen atoms in total. The fraction of sp³-hybridized carbons (Fsp3) is 0.0952. The molecule has 2 aromatic heterocycles. The van der Waals surface area contributed by atoms with E-state index in [0.29, 0.717) is 11.4 Å². The summed E-state index contributed by atoms with van der Waals surface area (Å²) in [5, 5.41) is 6.23. The minimum atomic E-state index is -1.05. The summed E-state index contributed by atoms with van der Waals surface area (Å²) >= 11 is 0. The van der Waals surface area contributed by atoms with Crippen molar-refractivity contribution in [3.63, 3.8) is 0 Å². The molecule has 0 aliphatic rings. The number of hydrogen-bond acceptors (Lipinski definition) is 4. The lowest BCUT2D eigenvalue weighted by molar-refractivity contribution is 0.101. The number of amides is 1. The summed E-state index contributed by atoms with van der Waals surface area (Å²) in [6.07, 6.45) is 0.